The van der Waals surface area contributed by atoms with Gasteiger partial charge in [-0.15, -0.1) is 0 Å². The molecule has 1 aliphatic carbocycles. The largest absolute Gasteiger partial charge is 0.315 e. The van der Waals surface area contributed by atoms with E-state index in [0.717, 1.165) is 24.2 Å². The molecule has 0 radical (unpaired) electrons. The molecular formula is C16H23ClN2. The van der Waals surface area contributed by atoms with Gasteiger partial charge in [-0.2, -0.15) is 0 Å². The number of nitrogens with one attached hydrogen (secondary N) is 1. The number of benzene rings is 1. The minimum atomic E-state index is 0.710. The Morgan fingerprint density at radius 3 is 2.68 bits per heavy atom. The second-order valence-electron chi connectivity index (χ2n) is 5.89. The summed E-state index contributed by atoms with van der Waals surface area (Å²) in [5.74, 6) is 0. The highest BCUT2D eigenvalue weighted by molar-refractivity contribution is 6.30. The zero-order chi connectivity index (χ0) is 13.1. The van der Waals surface area contributed by atoms with E-state index in [4.69, 9.17) is 11.6 Å². The molecular weight excluding hydrogens is 256 g/mol. The van der Waals surface area contributed by atoms with Crippen LogP contribution in [0.4, 0.5) is 0 Å². The lowest BCUT2D eigenvalue weighted by molar-refractivity contribution is 0.136. The fourth-order valence-electron chi connectivity index (χ4n) is 3.56. The summed E-state index contributed by atoms with van der Waals surface area (Å²) in [6.07, 6.45) is 6.83. The van der Waals surface area contributed by atoms with Gasteiger partial charge in [0, 0.05) is 30.2 Å². The topological polar surface area (TPSA) is 15.3 Å². The predicted molar refractivity (Wildman–Crippen MR) is 80.5 cm³/mol. The molecule has 2 nitrogen and oxygen atoms in total. The van der Waals surface area contributed by atoms with Crippen molar-refractivity contribution in [1.82, 2.24) is 10.2 Å². The van der Waals surface area contributed by atoms with Gasteiger partial charge < -0.3 is 5.32 Å². The Bertz CT molecular complexity index is 393. The molecule has 1 aromatic carbocycles. The van der Waals surface area contributed by atoms with Crippen LogP contribution in [-0.2, 0) is 6.54 Å². The summed E-state index contributed by atoms with van der Waals surface area (Å²) in [5.41, 5.74) is 1.35. The Kier molecular flexibility index (Phi) is 4.42. The molecule has 0 amide bonds. The maximum absolute atomic E-state index is 6.12. The summed E-state index contributed by atoms with van der Waals surface area (Å²) in [6.45, 7) is 3.37. The first-order valence-electron chi connectivity index (χ1n) is 7.54. The molecule has 2 aliphatic rings. The quantitative estimate of drug-likeness (QED) is 0.908. The molecule has 104 valence electrons. The van der Waals surface area contributed by atoms with E-state index >= 15 is 0 Å². The van der Waals surface area contributed by atoms with Gasteiger partial charge in [0.1, 0.15) is 0 Å². The van der Waals surface area contributed by atoms with E-state index in [2.05, 4.69) is 28.4 Å². The van der Waals surface area contributed by atoms with Crippen molar-refractivity contribution in [2.24, 2.45) is 0 Å². The Balaban J connectivity index is 1.74. The van der Waals surface area contributed by atoms with E-state index in [1.807, 2.05) is 6.07 Å². The second-order valence-corrected chi connectivity index (χ2v) is 6.32. The summed E-state index contributed by atoms with van der Waals surface area (Å²) < 4.78 is 0. The molecule has 19 heavy (non-hydrogen) atoms. The van der Waals surface area contributed by atoms with Gasteiger partial charge in [-0.3, -0.25) is 4.90 Å². The minimum absolute atomic E-state index is 0.710. The zero-order valence-corrected chi connectivity index (χ0v) is 12.2. The highest BCUT2D eigenvalue weighted by atomic mass is 35.5. The molecule has 0 aromatic heterocycles. The SMILES string of the molecule is Clc1cccc(CN(C2CCCC2)[C@H]2CCNC2)c1. The molecule has 1 aromatic rings. The van der Waals surface area contributed by atoms with Crippen molar-refractivity contribution in [3.05, 3.63) is 34.9 Å². The van der Waals surface area contributed by atoms with Crippen LogP contribution < -0.4 is 5.32 Å². The van der Waals surface area contributed by atoms with Gasteiger partial charge in [0.2, 0.25) is 0 Å². The molecule has 0 spiro atoms. The van der Waals surface area contributed by atoms with Crippen LogP contribution >= 0.6 is 11.6 Å². The third kappa shape index (κ3) is 3.31. The van der Waals surface area contributed by atoms with E-state index in [1.54, 1.807) is 0 Å². The molecule has 0 unspecified atom stereocenters. The number of halogens is 1. The number of nitrogens with zero attached hydrogens (tertiary/aromatic N) is 1. The molecule has 1 heterocycles. The van der Waals surface area contributed by atoms with Gasteiger partial charge >= 0.3 is 0 Å². The lowest BCUT2D eigenvalue weighted by Crippen LogP contribution is -2.42. The first-order valence-corrected chi connectivity index (χ1v) is 7.91. The highest BCUT2D eigenvalue weighted by Crippen LogP contribution is 2.28. The van der Waals surface area contributed by atoms with Gasteiger partial charge in [0.15, 0.2) is 0 Å². The van der Waals surface area contributed by atoms with Gasteiger partial charge in [0.05, 0.1) is 0 Å². The fourth-order valence-corrected chi connectivity index (χ4v) is 3.77. The maximum atomic E-state index is 6.12. The summed E-state index contributed by atoms with van der Waals surface area (Å²) in [7, 11) is 0. The summed E-state index contributed by atoms with van der Waals surface area (Å²) >= 11 is 6.12. The summed E-state index contributed by atoms with van der Waals surface area (Å²) in [5, 5.41) is 4.36. The number of hydrogen-bond donors (Lipinski definition) is 1. The van der Waals surface area contributed by atoms with Crippen molar-refractivity contribution in [2.45, 2.75) is 50.7 Å². The van der Waals surface area contributed by atoms with Crippen LogP contribution in [0.15, 0.2) is 24.3 Å². The Morgan fingerprint density at radius 1 is 1.16 bits per heavy atom. The van der Waals surface area contributed by atoms with E-state index in [0.29, 0.717) is 6.04 Å². The van der Waals surface area contributed by atoms with Crippen LogP contribution in [0.5, 0.6) is 0 Å². The molecule has 1 aliphatic heterocycles. The van der Waals surface area contributed by atoms with Crippen molar-refractivity contribution in [1.29, 1.82) is 0 Å². The standard InChI is InChI=1S/C16H23ClN2/c17-14-5-3-4-13(10-14)12-19(15-6-1-2-7-15)16-8-9-18-11-16/h3-5,10,15-16,18H,1-2,6-9,11-12H2/t16-/m0/s1. The van der Waals surface area contributed by atoms with E-state index in [-0.39, 0.29) is 0 Å². The van der Waals surface area contributed by atoms with Crippen LogP contribution in [0.1, 0.15) is 37.7 Å². The molecule has 1 N–H and O–H groups in total. The van der Waals surface area contributed by atoms with Crippen molar-refractivity contribution in [2.75, 3.05) is 13.1 Å². The molecule has 3 heteroatoms. The molecule has 2 fully saturated rings. The van der Waals surface area contributed by atoms with Crippen LogP contribution in [-0.4, -0.2) is 30.1 Å². The predicted octanol–water partition coefficient (Wildman–Crippen LogP) is 3.45. The molecule has 1 saturated heterocycles. The minimum Gasteiger partial charge on any atom is -0.315 e. The lowest BCUT2D eigenvalue weighted by atomic mass is 10.1. The average Bonchev–Trinajstić information content (AvgIpc) is 3.10. The van der Waals surface area contributed by atoms with E-state index < -0.39 is 0 Å². The molecule has 1 saturated carbocycles. The van der Waals surface area contributed by atoms with Crippen LogP contribution in [0.3, 0.4) is 0 Å². The van der Waals surface area contributed by atoms with Crippen molar-refractivity contribution >= 4 is 11.6 Å². The van der Waals surface area contributed by atoms with Crippen LogP contribution in [0.25, 0.3) is 0 Å². The third-order valence-electron chi connectivity index (χ3n) is 4.55. The normalized spacial score (nSPS) is 24.4. The third-order valence-corrected chi connectivity index (χ3v) is 4.79. The van der Waals surface area contributed by atoms with Gasteiger partial charge in [-0.05, 0) is 43.5 Å². The van der Waals surface area contributed by atoms with E-state index in [1.165, 1.54) is 44.2 Å². The van der Waals surface area contributed by atoms with Crippen molar-refractivity contribution < 1.29 is 0 Å². The average molecular weight is 279 g/mol. The number of rotatable bonds is 4. The van der Waals surface area contributed by atoms with Gasteiger partial charge in [-0.1, -0.05) is 36.6 Å². The van der Waals surface area contributed by atoms with Gasteiger partial charge in [-0.25, -0.2) is 0 Å². The first kappa shape index (κ1) is 13.4. The van der Waals surface area contributed by atoms with Crippen LogP contribution in [0, 0.1) is 0 Å². The first-order chi connectivity index (χ1) is 9.33. The Hall–Kier alpha value is -0.570. The maximum Gasteiger partial charge on any atom is 0.0409 e. The second kappa shape index (κ2) is 6.25. The van der Waals surface area contributed by atoms with E-state index in [9.17, 15) is 0 Å². The zero-order valence-electron chi connectivity index (χ0n) is 11.4. The lowest BCUT2D eigenvalue weighted by Gasteiger charge is -2.34. The summed E-state index contributed by atoms with van der Waals surface area (Å²) in [4.78, 5) is 2.73. The Morgan fingerprint density at radius 2 is 2.00 bits per heavy atom. The monoisotopic (exact) mass is 278 g/mol. The van der Waals surface area contributed by atoms with Crippen molar-refractivity contribution in [3.8, 4) is 0 Å². The number of hydrogen-bond acceptors (Lipinski definition) is 2. The highest BCUT2D eigenvalue weighted by Gasteiger charge is 2.30. The molecule has 0 bridgehead atoms. The Labute approximate surface area is 121 Å². The van der Waals surface area contributed by atoms with Crippen LogP contribution in [0.2, 0.25) is 5.02 Å². The molecule has 1 atom stereocenters. The smallest absolute Gasteiger partial charge is 0.0409 e. The fraction of sp³-hybridized carbons (Fsp3) is 0.625. The van der Waals surface area contributed by atoms with Gasteiger partial charge in [0.25, 0.3) is 0 Å². The molecule has 3 rings (SSSR count). The summed E-state index contributed by atoms with van der Waals surface area (Å²) in [6, 6.07) is 9.84. The van der Waals surface area contributed by atoms with Crippen molar-refractivity contribution in [3.63, 3.8) is 0 Å².